The average molecular weight is 405 g/mol. The highest BCUT2D eigenvalue weighted by Crippen LogP contribution is 2.29. The molecule has 0 spiro atoms. The van der Waals surface area contributed by atoms with Crippen LogP contribution in [0.4, 0.5) is 0 Å². The summed E-state index contributed by atoms with van der Waals surface area (Å²) in [6, 6.07) is 12.9. The number of rotatable bonds is 8. The normalized spacial score (nSPS) is 11.7. The fourth-order valence-corrected chi connectivity index (χ4v) is 3.99. The van der Waals surface area contributed by atoms with Gasteiger partial charge in [-0.05, 0) is 36.1 Å². The molecule has 0 saturated carbocycles. The Kier molecular flexibility index (Phi) is 7.21. The summed E-state index contributed by atoms with van der Waals surface area (Å²) in [4.78, 5) is 12.3. The van der Waals surface area contributed by atoms with E-state index in [2.05, 4.69) is 5.32 Å². The number of likely N-dealkylation sites (N-methyl/N-ethyl adjacent to an activating group) is 1. The van der Waals surface area contributed by atoms with E-state index in [1.54, 1.807) is 12.1 Å². The number of sulfonamides is 1. The zero-order chi connectivity index (χ0) is 20.9. The third-order valence-electron chi connectivity index (χ3n) is 4.52. The van der Waals surface area contributed by atoms with E-state index in [9.17, 15) is 13.2 Å². The first-order valence-corrected chi connectivity index (χ1v) is 10.6. The number of hydrogen-bond donors (Lipinski definition) is 1. The van der Waals surface area contributed by atoms with Gasteiger partial charge in [-0.2, -0.15) is 4.31 Å². The van der Waals surface area contributed by atoms with Gasteiger partial charge >= 0.3 is 0 Å². The van der Waals surface area contributed by atoms with Crippen molar-refractivity contribution < 1.29 is 17.9 Å². The van der Waals surface area contributed by atoms with Crippen molar-refractivity contribution in [2.45, 2.75) is 38.1 Å². The zero-order valence-electron chi connectivity index (χ0n) is 17.0. The van der Waals surface area contributed by atoms with Crippen LogP contribution in [0.2, 0.25) is 0 Å². The monoisotopic (exact) mass is 404 g/mol. The first kappa shape index (κ1) is 21.9. The van der Waals surface area contributed by atoms with Gasteiger partial charge in [-0.25, -0.2) is 8.42 Å². The number of amides is 1. The number of benzene rings is 2. The van der Waals surface area contributed by atoms with Gasteiger partial charge in [0.2, 0.25) is 15.9 Å². The van der Waals surface area contributed by atoms with E-state index in [4.69, 9.17) is 4.74 Å². The number of nitrogens with zero attached hydrogens (tertiary/aromatic N) is 1. The van der Waals surface area contributed by atoms with Gasteiger partial charge in [-0.15, -0.1) is 0 Å². The SMILES string of the molecule is COc1ccc(C(C)C)cc1S(=O)(=O)N(C)CC(=O)NCc1ccc(C)cc1. The van der Waals surface area contributed by atoms with Crippen LogP contribution in [0.25, 0.3) is 0 Å². The lowest BCUT2D eigenvalue weighted by molar-refractivity contribution is -0.121. The van der Waals surface area contributed by atoms with E-state index in [0.717, 1.165) is 21.0 Å². The van der Waals surface area contributed by atoms with Gasteiger partial charge in [0.05, 0.1) is 13.7 Å². The second-order valence-electron chi connectivity index (χ2n) is 7.09. The molecule has 28 heavy (non-hydrogen) atoms. The quantitative estimate of drug-likeness (QED) is 0.734. The summed E-state index contributed by atoms with van der Waals surface area (Å²) in [6.45, 7) is 6.04. The minimum absolute atomic E-state index is 0.0648. The number of nitrogens with one attached hydrogen (secondary N) is 1. The van der Waals surface area contributed by atoms with Crippen molar-refractivity contribution in [2.75, 3.05) is 20.7 Å². The Morgan fingerprint density at radius 3 is 2.36 bits per heavy atom. The second kappa shape index (κ2) is 9.21. The lowest BCUT2D eigenvalue weighted by atomic mass is 10.0. The van der Waals surface area contributed by atoms with Crippen LogP contribution in [-0.2, 0) is 21.4 Å². The van der Waals surface area contributed by atoms with Gasteiger partial charge < -0.3 is 10.1 Å². The van der Waals surface area contributed by atoms with Crippen LogP contribution >= 0.6 is 0 Å². The Morgan fingerprint density at radius 1 is 1.14 bits per heavy atom. The standard InChI is InChI=1S/C21H28N2O4S/c1-15(2)18-10-11-19(27-5)20(12-18)28(25,26)23(4)14-21(24)22-13-17-8-6-16(3)7-9-17/h6-12,15H,13-14H2,1-5H3,(H,22,24). The third kappa shape index (κ3) is 5.33. The minimum Gasteiger partial charge on any atom is -0.495 e. The zero-order valence-corrected chi connectivity index (χ0v) is 17.8. The van der Waals surface area contributed by atoms with E-state index >= 15 is 0 Å². The summed E-state index contributed by atoms with van der Waals surface area (Å²) >= 11 is 0. The molecule has 0 aromatic heterocycles. The highest BCUT2D eigenvalue weighted by molar-refractivity contribution is 7.89. The molecule has 1 amide bonds. The first-order chi connectivity index (χ1) is 13.1. The van der Waals surface area contributed by atoms with Crippen molar-refractivity contribution in [3.05, 3.63) is 59.2 Å². The average Bonchev–Trinajstić information content (AvgIpc) is 2.66. The molecule has 0 radical (unpaired) electrons. The van der Waals surface area contributed by atoms with Crippen molar-refractivity contribution in [1.29, 1.82) is 0 Å². The van der Waals surface area contributed by atoms with Crippen molar-refractivity contribution in [3.63, 3.8) is 0 Å². The Balaban J connectivity index is 2.11. The van der Waals surface area contributed by atoms with Crippen molar-refractivity contribution in [2.24, 2.45) is 0 Å². The Bertz CT molecular complexity index is 922. The van der Waals surface area contributed by atoms with E-state index in [1.807, 2.05) is 51.1 Å². The molecule has 2 aromatic rings. The summed E-state index contributed by atoms with van der Waals surface area (Å²) < 4.78 is 32.3. The largest absolute Gasteiger partial charge is 0.495 e. The Morgan fingerprint density at radius 2 is 1.79 bits per heavy atom. The Labute approximate surface area is 167 Å². The molecule has 1 N–H and O–H groups in total. The minimum atomic E-state index is -3.87. The lowest BCUT2D eigenvalue weighted by Crippen LogP contribution is -2.38. The van der Waals surface area contributed by atoms with E-state index in [1.165, 1.54) is 14.2 Å². The molecule has 2 aromatic carbocycles. The number of methoxy groups -OCH3 is 1. The van der Waals surface area contributed by atoms with Gasteiger partial charge in [-0.1, -0.05) is 49.7 Å². The van der Waals surface area contributed by atoms with Crippen molar-refractivity contribution in [3.8, 4) is 5.75 Å². The molecular weight excluding hydrogens is 376 g/mol. The third-order valence-corrected chi connectivity index (χ3v) is 6.34. The fraction of sp³-hybridized carbons (Fsp3) is 0.381. The van der Waals surface area contributed by atoms with E-state index in [0.29, 0.717) is 6.54 Å². The molecule has 0 aliphatic carbocycles. The number of hydrogen-bond acceptors (Lipinski definition) is 4. The van der Waals surface area contributed by atoms with Crippen LogP contribution < -0.4 is 10.1 Å². The highest BCUT2D eigenvalue weighted by Gasteiger charge is 2.27. The van der Waals surface area contributed by atoms with Gasteiger partial charge in [-0.3, -0.25) is 4.79 Å². The van der Waals surface area contributed by atoms with Crippen molar-refractivity contribution >= 4 is 15.9 Å². The number of carbonyl (C=O) groups excluding carboxylic acids is 1. The molecule has 0 atom stereocenters. The summed E-state index contributed by atoms with van der Waals surface area (Å²) in [6.07, 6.45) is 0. The van der Waals surface area contributed by atoms with Crippen LogP contribution in [0.5, 0.6) is 5.75 Å². The second-order valence-corrected chi connectivity index (χ2v) is 9.10. The van der Waals surface area contributed by atoms with E-state index in [-0.39, 0.29) is 29.0 Å². The van der Waals surface area contributed by atoms with Crippen LogP contribution in [0, 0.1) is 6.92 Å². The van der Waals surface area contributed by atoms with Crippen LogP contribution in [0.3, 0.4) is 0 Å². The maximum absolute atomic E-state index is 13.0. The summed E-state index contributed by atoms with van der Waals surface area (Å²) in [5.74, 6) is 0.0601. The predicted octanol–water partition coefficient (Wildman–Crippen LogP) is 3.06. The summed E-state index contributed by atoms with van der Waals surface area (Å²) in [5, 5.41) is 2.75. The first-order valence-electron chi connectivity index (χ1n) is 9.11. The van der Waals surface area contributed by atoms with Gasteiger partial charge in [0, 0.05) is 13.6 Å². The molecule has 0 unspecified atom stereocenters. The summed E-state index contributed by atoms with van der Waals surface area (Å²) in [7, 11) is -1.05. The number of ether oxygens (including phenoxy) is 1. The molecule has 152 valence electrons. The van der Waals surface area contributed by atoms with E-state index < -0.39 is 10.0 Å². The molecule has 0 bridgehead atoms. The maximum atomic E-state index is 13.0. The predicted molar refractivity (Wildman–Crippen MR) is 110 cm³/mol. The molecule has 0 saturated heterocycles. The molecule has 0 aliphatic heterocycles. The molecular formula is C21H28N2O4S. The Hall–Kier alpha value is -2.38. The van der Waals surface area contributed by atoms with Crippen molar-refractivity contribution in [1.82, 2.24) is 9.62 Å². The number of carbonyl (C=O) groups is 1. The van der Waals surface area contributed by atoms with Crippen LogP contribution in [0.15, 0.2) is 47.4 Å². The van der Waals surface area contributed by atoms with Crippen LogP contribution in [0.1, 0.15) is 36.5 Å². The van der Waals surface area contributed by atoms with Gasteiger partial charge in [0.15, 0.2) is 0 Å². The van der Waals surface area contributed by atoms with Gasteiger partial charge in [0.1, 0.15) is 10.6 Å². The molecule has 0 heterocycles. The molecule has 0 fully saturated rings. The molecule has 6 nitrogen and oxygen atoms in total. The maximum Gasteiger partial charge on any atom is 0.246 e. The summed E-state index contributed by atoms with van der Waals surface area (Å²) in [5.41, 5.74) is 2.98. The highest BCUT2D eigenvalue weighted by atomic mass is 32.2. The van der Waals surface area contributed by atoms with Gasteiger partial charge in [0.25, 0.3) is 0 Å². The molecule has 2 rings (SSSR count). The fourth-order valence-electron chi connectivity index (χ4n) is 2.67. The number of aryl methyl sites for hydroxylation is 1. The van der Waals surface area contributed by atoms with Crippen LogP contribution in [-0.4, -0.2) is 39.3 Å². The molecule has 0 aliphatic rings. The molecule has 7 heteroatoms. The lowest BCUT2D eigenvalue weighted by Gasteiger charge is -2.20. The topological polar surface area (TPSA) is 75.7 Å². The smallest absolute Gasteiger partial charge is 0.246 e.